The molecular weight excluding hydrogens is 330 g/mol. The van der Waals surface area contributed by atoms with Gasteiger partial charge in [-0.3, -0.25) is 9.80 Å². The molecule has 1 aliphatic rings. The third-order valence-electron chi connectivity index (χ3n) is 4.09. The van der Waals surface area contributed by atoms with Gasteiger partial charge in [-0.15, -0.1) is 12.4 Å². The smallest absolute Gasteiger partial charge is 0.241 e. The molecule has 1 aromatic heterocycles. The summed E-state index contributed by atoms with van der Waals surface area (Å²) in [5, 5.41) is 4.07. The highest BCUT2D eigenvalue weighted by Crippen LogP contribution is 2.20. The molecule has 2 N–H and O–H groups in total. The van der Waals surface area contributed by atoms with Crippen molar-refractivity contribution in [1.82, 2.24) is 19.9 Å². The first kappa shape index (κ1) is 18.7. The molecule has 3 rings (SSSR count). The predicted molar refractivity (Wildman–Crippen MR) is 94.3 cm³/mol. The Morgan fingerprint density at radius 1 is 1.12 bits per heavy atom. The van der Waals surface area contributed by atoms with Crippen LogP contribution in [0.2, 0.25) is 0 Å². The van der Waals surface area contributed by atoms with E-state index in [4.69, 9.17) is 15.0 Å². The van der Waals surface area contributed by atoms with Crippen molar-refractivity contribution in [3.05, 3.63) is 30.2 Å². The average molecular weight is 354 g/mol. The van der Waals surface area contributed by atoms with E-state index in [0.29, 0.717) is 18.3 Å². The number of aromatic nitrogens is 2. The first-order chi connectivity index (χ1) is 11.3. The molecule has 0 spiro atoms. The molecule has 0 atom stereocenters. The van der Waals surface area contributed by atoms with Crippen LogP contribution in [0.3, 0.4) is 0 Å². The van der Waals surface area contributed by atoms with Crippen LogP contribution in [0.15, 0.2) is 28.8 Å². The summed E-state index contributed by atoms with van der Waals surface area (Å²) in [4.78, 5) is 9.21. The molecule has 2 heterocycles. The normalized spacial score (nSPS) is 15.9. The van der Waals surface area contributed by atoms with E-state index in [1.54, 1.807) is 7.11 Å². The third kappa shape index (κ3) is 4.67. The van der Waals surface area contributed by atoms with Crippen molar-refractivity contribution < 1.29 is 9.26 Å². The Hall–Kier alpha value is -1.67. The van der Waals surface area contributed by atoms with Crippen LogP contribution in [0.5, 0.6) is 5.75 Å². The molecule has 1 aliphatic heterocycles. The highest BCUT2D eigenvalue weighted by molar-refractivity contribution is 5.85. The number of piperazine rings is 1. The Morgan fingerprint density at radius 2 is 1.79 bits per heavy atom. The van der Waals surface area contributed by atoms with Gasteiger partial charge in [-0.1, -0.05) is 5.16 Å². The van der Waals surface area contributed by atoms with E-state index in [2.05, 4.69) is 19.9 Å². The lowest BCUT2D eigenvalue weighted by atomic mass is 10.2. The van der Waals surface area contributed by atoms with Crippen molar-refractivity contribution in [3.63, 3.8) is 0 Å². The largest absolute Gasteiger partial charge is 0.497 e. The summed E-state index contributed by atoms with van der Waals surface area (Å²) in [6.45, 7) is 6.46. The molecular formula is C16H24ClN5O2. The number of nitrogens with two attached hydrogens (primary N) is 1. The van der Waals surface area contributed by atoms with Crippen LogP contribution in [0, 0.1) is 0 Å². The molecule has 1 aromatic carbocycles. The number of ether oxygens (including phenoxy) is 1. The van der Waals surface area contributed by atoms with Crippen LogP contribution < -0.4 is 10.5 Å². The van der Waals surface area contributed by atoms with Gasteiger partial charge >= 0.3 is 0 Å². The van der Waals surface area contributed by atoms with Gasteiger partial charge in [0.15, 0.2) is 0 Å². The van der Waals surface area contributed by atoms with Crippen LogP contribution in [-0.2, 0) is 6.54 Å². The van der Waals surface area contributed by atoms with Gasteiger partial charge in [0.2, 0.25) is 11.7 Å². The van der Waals surface area contributed by atoms with Crippen LogP contribution in [-0.4, -0.2) is 66.3 Å². The minimum Gasteiger partial charge on any atom is -0.497 e. The van der Waals surface area contributed by atoms with E-state index >= 15 is 0 Å². The molecule has 132 valence electrons. The monoisotopic (exact) mass is 353 g/mol. The number of halogens is 1. The maximum absolute atomic E-state index is 5.60. The summed E-state index contributed by atoms with van der Waals surface area (Å²) >= 11 is 0. The summed E-state index contributed by atoms with van der Waals surface area (Å²) in [5.41, 5.74) is 6.52. The SMILES string of the molecule is COc1ccc(-c2noc(CN3CCN(CCN)CC3)n2)cc1.Cl. The minimum absolute atomic E-state index is 0. The van der Waals surface area contributed by atoms with Gasteiger partial charge < -0.3 is 15.0 Å². The highest BCUT2D eigenvalue weighted by Gasteiger charge is 2.19. The van der Waals surface area contributed by atoms with Crippen molar-refractivity contribution in [2.24, 2.45) is 5.73 Å². The molecule has 24 heavy (non-hydrogen) atoms. The summed E-state index contributed by atoms with van der Waals surface area (Å²) in [6.07, 6.45) is 0. The highest BCUT2D eigenvalue weighted by atomic mass is 35.5. The quantitative estimate of drug-likeness (QED) is 0.836. The molecule has 0 bridgehead atoms. The average Bonchev–Trinajstić information content (AvgIpc) is 3.05. The Morgan fingerprint density at radius 3 is 2.42 bits per heavy atom. The van der Waals surface area contributed by atoms with Crippen LogP contribution >= 0.6 is 12.4 Å². The summed E-state index contributed by atoms with van der Waals surface area (Å²) in [7, 11) is 1.65. The number of benzene rings is 1. The van der Waals surface area contributed by atoms with Crippen molar-refractivity contribution in [2.45, 2.75) is 6.54 Å². The van der Waals surface area contributed by atoms with Gasteiger partial charge in [-0.25, -0.2) is 0 Å². The van der Waals surface area contributed by atoms with E-state index in [1.165, 1.54) is 0 Å². The molecule has 0 aliphatic carbocycles. The van der Waals surface area contributed by atoms with Gasteiger partial charge in [0, 0.05) is 44.8 Å². The third-order valence-corrected chi connectivity index (χ3v) is 4.09. The number of nitrogens with zero attached hydrogens (tertiary/aromatic N) is 4. The van der Waals surface area contributed by atoms with Crippen molar-refractivity contribution in [3.8, 4) is 17.1 Å². The Labute approximate surface area is 148 Å². The molecule has 0 amide bonds. The first-order valence-corrected chi connectivity index (χ1v) is 7.90. The van der Waals surface area contributed by atoms with Gasteiger partial charge in [-0.2, -0.15) is 4.98 Å². The predicted octanol–water partition coefficient (Wildman–Crippen LogP) is 1.24. The second kappa shape index (κ2) is 8.98. The Bertz CT molecular complexity index is 611. The van der Waals surface area contributed by atoms with E-state index in [1.807, 2.05) is 24.3 Å². The molecule has 0 unspecified atom stereocenters. The zero-order valence-corrected chi connectivity index (χ0v) is 14.7. The van der Waals surface area contributed by atoms with E-state index in [0.717, 1.165) is 50.6 Å². The van der Waals surface area contributed by atoms with Gasteiger partial charge in [0.25, 0.3) is 0 Å². The second-order valence-corrected chi connectivity index (χ2v) is 5.65. The van der Waals surface area contributed by atoms with Gasteiger partial charge in [0.05, 0.1) is 13.7 Å². The van der Waals surface area contributed by atoms with Crippen LogP contribution in [0.4, 0.5) is 0 Å². The Balaban J connectivity index is 0.00000208. The minimum atomic E-state index is 0. The fourth-order valence-electron chi connectivity index (χ4n) is 2.72. The summed E-state index contributed by atoms with van der Waals surface area (Å²) in [5.74, 6) is 2.08. The van der Waals surface area contributed by atoms with E-state index < -0.39 is 0 Å². The molecule has 0 saturated carbocycles. The standard InChI is InChI=1S/C16H23N5O2.ClH/c1-22-14-4-2-13(3-5-14)16-18-15(23-19-16)12-21-10-8-20(7-6-17)9-11-21;/h2-5H,6-12,17H2,1H3;1H. The number of hydrogen-bond donors (Lipinski definition) is 1. The van der Waals surface area contributed by atoms with Crippen LogP contribution in [0.1, 0.15) is 5.89 Å². The molecule has 8 heteroatoms. The molecule has 7 nitrogen and oxygen atoms in total. The maximum Gasteiger partial charge on any atom is 0.241 e. The van der Waals surface area contributed by atoms with E-state index in [9.17, 15) is 0 Å². The lowest BCUT2D eigenvalue weighted by molar-refractivity contribution is 0.119. The topological polar surface area (TPSA) is 80.7 Å². The molecule has 0 radical (unpaired) electrons. The Kier molecular flexibility index (Phi) is 6.99. The van der Waals surface area contributed by atoms with Gasteiger partial charge in [-0.05, 0) is 24.3 Å². The van der Waals surface area contributed by atoms with E-state index in [-0.39, 0.29) is 12.4 Å². The number of hydrogen-bond acceptors (Lipinski definition) is 7. The molecule has 2 aromatic rings. The lowest BCUT2D eigenvalue weighted by Gasteiger charge is -2.33. The lowest BCUT2D eigenvalue weighted by Crippen LogP contribution is -2.47. The zero-order valence-electron chi connectivity index (χ0n) is 13.9. The van der Waals surface area contributed by atoms with Crippen LogP contribution in [0.25, 0.3) is 11.4 Å². The zero-order chi connectivity index (χ0) is 16.1. The summed E-state index contributed by atoms with van der Waals surface area (Å²) in [6, 6.07) is 7.64. The van der Waals surface area contributed by atoms with Crippen molar-refractivity contribution >= 4 is 12.4 Å². The fourth-order valence-corrected chi connectivity index (χ4v) is 2.72. The van der Waals surface area contributed by atoms with Gasteiger partial charge in [0.1, 0.15) is 5.75 Å². The molecule has 1 saturated heterocycles. The van der Waals surface area contributed by atoms with Crippen molar-refractivity contribution in [2.75, 3.05) is 46.4 Å². The van der Waals surface area contributed by atoms with Crippen molar-refractivity contribution in [1.29, 1.82) is 0 Å². The molecule has 1 fully saturated rings. The number of methoxy groups -OCH3 is 1. The summed E-state index contributed by atoms with van der Waals surface area (Å²) < 4.78 is 10.5. The number of rotatable bonds is 6. The second-order valence-electron chi connectivity index (χ2n) is 5.65. The maximum atomic E-state index is 5.60. The fraction of sp³-hybridized carbons (Fsp3) is 0.500. The first-order valence-electron chi connectivity index (χ1n) is 7.90.